The highest BCUT2D eigenvalue weighted by molar-refractivity contribution is 7.90. The van der Waals surface area contributed by atoms with Gasteiger partial charge in [0.1, 0.15) is 24.5 Å². The van der Waals surface area contributed by atoms with E-state index in [0.717, 1.165) is 17.7 Å². The molecule has 1 amide bonds. The van der Waals surface area contributed by atoms with E-state index in [0.29, 0.717) is 12.1 Å². The van der Waals surface area contributed by atoms with E-state index in [4.69, 9.17) is 0 Å². The number of hydrogen-bond donors (Lipinski definition) is 2. The first-order valence-corrected chi connectivity index (χ1v) is 11.8. The number of sulfonamides is 1. The van der Waals surface area contributed by atoms with Crippen molar-refractivity contribution in [1.29, 1.82) is 0 Å². The lowest BCUT2D eigenvalue weighted by molar-refractivity contribution is -0.123. The van der Waals surface area contributed by atoms with Gasteiger partial charge in [-0.2, -0.15) is 5.10 Å². The average molecular weight is 453 g/mol. The van der Waals surface area contributed by atoms with Gasteiger partial charge >= 0.3 is 0 Å². The van der Waals surface area contributed by atoms with Crippen LogP contribution in [0.25, 0.3) is 5.69 Å². The number of hydrogen-bond acceptors (Lipinski definition) is 6. The molecule has 2 N–H and O–H groups in total. The summed E-state index contributed by atoms with van der Waals surface area (Å²) in [7, 11) is -3.66. The summed E-state index contributed by atoms with van der Waals surface area (Å²) in [5, 5.41) is 7.02. The molecular formula is C22H24N6O3S. The molecule has 32 heavy (non-hydrogen) atoms. The molecule has 2 heterocycles. The topological polar surface area (TPSA) is 118 Å². The van der Waals surface area contributed by atoms with Gasteiger partial charge in [-0.1, -0.05) is 44.5 Å². The molecule has 10 heteroatoms. The molecule has 3 aromatic rings. The van der Waals surface area contributed by atoms with Crippen molar-refractivity contribution in [3.05, 3.63) is 72.3 Å². The Morgan fingerprint density at radius 2 is 1.94 bits per heavy atom. The van der Waals surface area contributed by atoms with Gasteiger partial charge in [-0.3, -0.25) is 14.5 Å². The Labute approximate surface area is 186 Å². The van der Waals surface area contributed by atoms with E-state index in [9.17, 15) is 13.2 Å². The van der Waals surface area contributed by atoms with Gasteiger partial charge in [0.2, 0.25) is 5.91 Å². The zero-order chi connectivity index (χ0) is 22.7. The van der Waals surface area contributed by atoms with Crippen LogP contribution in [0.15, 0.2) is 71.1 Å². The largest absolute Gasteiger partial charge is 0.350 e. The van der Waals surface area contributed by atoms with Crippen molar-refractivity contribution in [2.24, 2.45) is 10.9 Å². The summed E-state index contributed by atoms with van der Waals surface area (Å²) in [5.74, 6) is -0.122. The van der Waals surface area contributed by atoms with Gasteiger partial charge in [0.25, 0.3) is 10.0 Å². The smallest absolute Gasteiger partial charge is 0.263 e. The van der Waals surface area contributed by atoms with Gasteiger partial charge in [0, 0.05) is 12.1 Å². The van der Waals surface area contributed by atoms with Crippen molar-refractivity contribution in [2.45, 2.75) is 37.8 Å². The summed E-state index contributed by atoms with van der Waals surface area (Å²) < 4.78 is 28.9. The molecule has 0 saturated carbocycles. The first kappa shape index (κ1) is 21.7. The number of amides is 1. The molecule has 0 spiro atoms. The van der Waals surface area contributed by atoms with Crippen LogP contribution in [-0.2, 0) is 21.4 Å². The lowest BCUT2D eigenvalue weighted by Crippen LogP contribution is -2.38. The Balaban J connectivity index is 1.50. The SMILES string of the molecule is CC[C@H](C)[C@H](N=C1NS(=O)(=O)c2ccccc21)C(=O)NCc1ccc(-n2cncn2)cc1. The van der Waals surface area contributed by atoms with E-state index in [-0.39, 0.29) is 22.6 Å². The maximum atomic E-state index is 13.0. The van der Waals surface area contributed by atoms with Gasteiger partial charge in [0.15, 0.2) is 0 Å². The monoisotopic (exact) mass is 452 g/mol. The third-order valence-corrected chi connectivity index (χ3v) is 6.87. The fourth-order valence-electron chi connectivity index (χ4n) is 3.44. The maximum Gasteiger partial charge on any atom is 0.263 e. The summed E-state index contributed by atoms with van der Waals surface area (Å²) in [6.07, 6.45) is 3.80. The molecule has 2 aromatic carbocycles. The maximum absolute atomic E-state index is 13.0. The van der Waals surface area contributed by atoms with Crippen LogP contribution in [0.4, 0.5) is 0 Å². The summed E-state index contributed by atoms with van der Waals surface area (Å²) in [4.78, 5) is 21.7. The number of aliphatic imine (C=N–C) groups is 1. The minimum atomic E-state index is -3.66. The normalized spacial score (nSPS) is 17.4. The fraction of sp³-hybridized carbons (Fsp3) is 0.273. The molecule has 0 aliphatic carbocycles. The summed E-state index contributed by atoms with van der Waals surface area (Å²) >= 11 is 0. The molecule has 0 fully saturated rings. The highest BCUT2D eigenvalue weighted by Crippen LogP contribution is 2.24. The van der Waals surface area contributed by atoms with Crippen molar-refractivity contribution in [3.63, 3.8) is 0 Å². The van der Waals surface area contributed by atoms with Gasteiger partial charge in [0.05, 0.1) is 10.6 Å². The van der Waals surface area contributed by atoms with Crippen LogP contribution in [0, 0.1) is 5.92 Å². The number of rotatable bonds is 7. The number of nitrogens with zero attached hydrogens (tertiary/aromatic N) is 4. The van der Waals surface area contributed by atoms with Crippen LogP contribution in [0.3, 0.4) is 0 Å². The molecule has 9 nitrogen and oxygen atoms in total. The molecule has 2 atom stereocenters. The number of aromatic nitrogens is 3. The summed E-state index contributed by atoms with van der Waals surface area (Å²) in [6.45, 7) is 4.23. The molecule has 0 radical (unpaired) electrons. The van der Waals surface area contributed by atoms with Gasteiger partial charge in [-0.25, -0.2) is 18.1 Å². The summed E-state index contributed by atoms with van der Waals surface area (Å²) in [5.41, 5.74) is 2.27. The van der Waals surface area contributed by atoms with Gasteiger partial charge in [-0.15, -0.1) is 0 Å². The Morgan fingerprint density at radius 3 is 2.62 bits per heavy atom. The second-order valence-corrected chi connectivity index (χ2v) is 9.28. The summed E-state index contributed by atoms with van der Waals surface area (Å²) in [6, 6.07) is 13.5. The zero-order valence-corrected chi connectivity index (χ0v) is 18.6. The molecule has 1 aliphatic heterocycles. The first-order valence-electron chi connectivity index (χ1n) is 10.3. The number of nitrogens with one attached hydrogen (secondary N) is 2. The van der Waals surface area contributed by atoms with Crippen molar-refractivity contribution in [2.75, 3.05) is 0 Å². The Bertz CT molecular complexity index is 1240. The van der Waals surface area contributed by atoms with E-state index >= 15 is 0 Å². The predicted molar refractivity (Wildman–Crippen MR) is 120 cm³/mol. The van der Waals surface area contributed by atoms with E-state index < -0.39 is 16.1 Å². The van der Waals surface area contributed by atoms with Crippen LogP contribution >= 0.6 is 0 Å². The van der Waals surface area contributed by atoms with Crippen molar-refractivity contribution in [1.82, 2.24) is 24.8 Å². The van der Waals surface area contributed by atoms with Crippen molar-refractivity contribution in [3.8, 4) is 5.69 Å². The van der Waals surface area contributed by atoms with E-state index in [1.807, 2.05) is 38.1 Å². The zero-order valence-electron chi connectivity index (χ0n) is 17.8. The van der Waals surface area contributed by atoms with Crippen molar-refractivity contribution < 1.29 is 13.2 Å². The molecule has 0 saturated heterocycles. The molecule has 0 bridgehead atoms. The van der Waals surface area contributed by atoms with Crippen LogP contribution in [0.2, 0.25) is 0 Å². The second kappa shape index (κ2) is 8.91. The van der Waals surface area contributed by atoms with Gasteiger partial charge < -0.3 is 5.32 Å². The Morgan fingerprint density at radius 1 is 1.19 bits per heavy atom. The van der Waals surface area contributed by atoms with E-state index in [1.165, 1.54) is 12.4 Å². The number of fused-ring (bicyclic) bond motifs is 1. The number of carbonyl (C=O) groups excluding carboxylic acids is 1. The molecular weight excluding hydrogens is 428 g/mol. The van der Waals surface area contributed by atoms with Crippen LogP contribution in [0.1, 0.15) is 31.4 Å². The predicted octanol–water partition coefficient (Wildman–Crippen LogP) is 2.04. The lowest BCUT2D eigenvalue weighted by atomic mass is 9.98. The van der Waals surface area contributed by atoms with Crippen LogP contribution in [0.5, 0.6) is 0 Å². The third kappa shape index (κ3) is 4.40. The van der Waals surface area contributed by atoms with Crippen LogP contribution in [-0.4, -0.2) is 41.0 Å². The third-order valence-electron chi connectivity index (χ3n) is 5.47. The van der Waals surface area contributed by atoms with Crippen molar-refractivity contribution >= 4 is 21.8 Å². The van der Waals surface area contributed by atoms with Gasteiger partial charge in [-0.05, 0) is 35.7 Å². The molecule has 0 unspecified atom stereocenters. The standard InChI is InChI=1S/C22H24N6O3S/c1-3-15(2)20(26-21-18-6-4-5-7-19(18)32(30,31)27-21)22(29)24-12-16-8-10-17(11-9-16)28-14-23-13-25-28/h4-11,13-15,20H,3,12H2,1-2H3,(H,24,29)(H,26,27)/t15-,20-/m0/s1. The van der Waals surface area contributed by atoms with Crippen LogP contribution < -0.4 is 10.0 Å². The number of amidine groups is 1. The first-order chi connectivity index (χ1) is 15.4. The highest BCUT2D eigenvalue weighted by atomic mass is 32.2. The Hall–Kier alpha value is -3.53. The number of carbonyl (C=O) groups is 1. The molecule has 4 rings (SSSR count). The molecule has 166 valence electrons. The van der Waals surface area contributed by atoms with E-state index in [1.54, 1.807) is 29.2 Å². The average Bonchev–Trinajstić information content (AvgIpc) is 3.43. The quantitative estimate of drug-likeness (QED) is 0.569. The minimum absolute atomic E-state index is 0.0746. The second-order valence-electron chi connectivity index (χ2n) is 7.63. The molecule has 1 aromatic heterocycles. The van der Waals surface area contributed by atoms with E-state index in [2.05, 4.69) is 25.1 Å². The molecule has 1 aliphatic rings. The minimum Gasteiger partial charge on any atom is -0.350 e. The number of benzene rings is 2. The lowest BCUT2D eigenvalue weighted by Gasteiger charge is -2.19. The Kier molecular flexibility index (Phi) is 6.04. The highest BCUT2D eigenvalue weighted by Gasteiger charge is 2.33. The fourth-order valence-corrected chi connectivity index (χ4v) is 4.68.